The van der Waals surface area contributed by atoms with E-state index in [-0.39, 0.29) is 40.4 Å². The summed E-state index contributed by atoms with van der Waals surface area (Å²) in [5.41, 5.74) is 1.67. The van der Waals surface area contributed by atoms with E-state index in [0.717, 1.165) is 5.57 Å². The number of methoxy groups -OCH3 is 3. The maximum Gasteiger partial charge on any atom is 0.239 e. The molecule has 0 amide bonds. The van der Waals surface area contributed by atoms with Crippen molar-refractivity contribution in [1.29, 1.82) is 0 Å². The van der Waals surface area contributed by atoms with Gasteiger partial charge < -0.3 is 48.5 Å². The van der Waals surface area contributed by atoms with Gasteiger partial charge >= 0.3 is 0 Å². The van der Waals surface area contributed by atoms with Crippen LogP contribution in [-0.4, -0.2) is 79.1 Å². The van der Waals surface area contributed by atoms with Crippen molar-refractivity contribution in [1.82, 2.24) is 0 Å². The number of ether oxygens (including phenoxy) is 5. The molecule has 1 saturated heterocycles. The normalized spacial score (nSPS) is 22.6. The number of hydrogen-bond donors (Lipinski definition) is 4. The summed E-state index contributed by atoms with van der Waals surface area (Å²) in [5, 5.41) is 40.7. The van der Waals surface area contributed by atoms with Crippen molar-refractivity contribution in [2.24, 2.45) is 0 Å². The van der Waals surface area contributed by atoms with Crippen molar-refractivity contribution in [3.63, 3.8) is 0 Å². The van der Waals surface area contributed by atoms with Crippen molar-refractivity contribution in [3.8, 4) is 34.3 Å². The van der Waals surface area contributed by atoms with Crippen LogP contribution in [0.1, 0.15) is 19.4 Å². The van der Waals surface area contributed by atoms with Gasteiger partial charge in [0.15, 0.2) is 5.76 Å². The summed E-state index contributed by atoms with van der Waals surface area (Å²) in [5.74, 6) is 1.02. The fourth-order valence-corrected chi connectivity index (χ4v) is 4.52. The predicted octanol–water partition coefficient (Wildman–Crippen LogP) is 2.17. The third-order valence-electron chi connectivity index (χ3n) is 6.73. The van der Waals surface area contributed by atoms with Crippen LogP contribution >= 0.6 is 0 Å². The molecule has 3 aromatic rings. The van der Waals surface area contributed by atoms with Crippen LogP contribution in [0.5, 0.6) is 23.0 Å². The highest BCUT2D eigenvalue weighted by Gasteiger charge is 2.45. The van der Waals surface area contributed by atoms with Crippen molar-refractivity contribution < 1.29 is 48.5 Å². The summed E-state index contributed by atoms with van der Waals surface area (Å²) in [6.45, 7) is 3.20. The number of allylic oxidation sites excluding steroid dienone is 2. The van der Waals surface area contributed by atoms with Gasteiger partial charge in [0.2, 0.25) is 17.5 Å². The Kier molecular flexibility index (Phi) is 9.02. The quantitative estimate of drug-likeness (QED) is 0.285. The largest absolute Gasteiger partial charge is 0.497 e. The maximum atomic E-state index is 13.8. The summed E-state index contributed by atoms with van der Waals surface area (Å²) < 4.78 is 34.2. The summed E-state index contributed by atoms with van der Waals surface area (Å²) in [6.07, 6.45) is -5.30. The molecule has 0 spiro atoms. The first-order valence-corrected chi connectivity index (χ1v) is 12.6. The lowest BCUT2D eigenvalue weighted by atomic mass is 9.99. The van der Waals surface area contributed by atoms with E-state index in [2.05, 4.69) is 0 Å². The van der Waals surface area contributed by atoms with E-state index in [1.54, 1.807) is 31.4 Å². The maximum absolute atomic E-state index is 13.8. The molecule has 40 heavy (non-hydrogen) atoms. The number of aliphatic hydroxyl groups is 4. The van der Waals surface area contributed by atoms with Gasteiger partial charge in [-0.05, 0) is 44.5 Å². The smallest absolute Gasteiger partial charge is 0.239 e. The molecule has 1 fully saturated rings. The van der Waals surface area contributed by atoms with Gasteiger partial charge in [0.25, 0.3) is 0 Å². The van der Waals surface area contributed by atoms with Crippen LogP contribution < -0.4 is 24.4 Å². The minimum atomic E-state index is -1.64. The molecule has 1 aromatic heterocycles. The molecule has 2 heterocycles. The molecule has 11 nitrogen and oxygen atoms in total. The summed E-state index contributed by atoms with van der Waals surface area (Å²) in [4.78, 5) is 13.8. The van der Waals surface area contributed by atoms with Crippen LogP contribution in [0, 0.1) is 0 Å². The molecular formula is C29H34O11. The van der Waals surface area contributed by atoms with Gasteiger partial charge in [0.1, 0.15) is 52.6 Å². The van der Waals surface area contributed by atoms with Gasteiger partial charge in [-0.1, -0.05) is 11.6 Å². The Hall–Kier alpha value is -3.61. The van der Waals surface area contributed by atoms with Gasteiger partial charge in [0.05, 0.1) is 27.9 Å². The van der Waals surface area contributed by atoms with Crippen molar-refractivity contribution in [2.75, 3.05) is 27.9 Å². The van der Waals surface area contributed by atoms with Crippen LogP contribution in [0.4, 0.5) is 0 Å². The van der Waals surface area contributed by atoms with Gasteiger partial charge in [0, 0.05) is 17.2 Å². The SMILES string of the molecule is COc1ccc(-c2oc3c(CC=C(C)C)c(O[C@@H]4OC(CO)[C@@H](O)[C@H](O)[C@H]4O)cc(OC)c3c(=O)c2OC)cc1. The summed E-state index contributed by atoms with van der Waals surface area (Å²) in [7, 11) is 4.30. The highest BCUT2D eigenvalue weighted by molar-refractivity contribution is 5.91. The van der Waals surface area contributed by atoms with Crippen LogP contribution in [0.3, 0.4) is 0 Å². The van der Waals surface area contributed by atoms with E-state index in [4.69, 9.17) is 28.1 Å². The number of fused-ring (bicyclic) bond motifs is 1. The van der Waals surface area contributed by atoms with Gasteiger partial charge in [-0.2, -0.15) is 0 Å². The lowest BCUT2D eigenvalue weighted by Crippen LogP contribution is -2.60. The standard InChI is InChI=1S/C29H34O11/c1-14(2)6-11-17-18(38-29-25(34)24(33)22(31)20(13-30)39-29)12-19(36-4)21-23(32)28(37-5)26(40-27(17)21)15-7-9-16(35-3)10-8-15/h6-10,12,20,22,24-25,29-31,33-34H,11,13H2,1-5H3/t20?,22-,24+,25-,29-/m1/s1. The Morgan fingerprint density at radius 2 is 1.65 bits per heavy atom. The molecule has 0 aliphatic carbocycles. The molecule has 5 atom stereocenters. The third-order valence-corrected chi connectivity index (χ3v) is 6.73. The number of rotatable bonds is 9. The second-order valence-corrected chi connectivity index (χ2v) is 9.58. The molecule has 0 saturated carbocycles. The fourth-order valence-electron chi connectivity index (χ4n) is 4.52. The first kappa shape index (κ1) is 29.4. The van der Waals surface area contributed by atoms with E-state index in [0.29, 0.717) is 16.9 Å². The highest BCUT2D eigenvalue weighted by Crippen LogP contribution is 2.41. The molecule has 4 rings (SSSR count). The minimum Gasteiger partial charge on any atom is -0.497 e. The molecule has 1 aliphatic rings. The van der Waals surface area contributed by atoms with E-state index < -0.39 is 42.7 Å². The van der Waals surface area contributed by atoms with E-state index in [9.17, 15) is 25.2 Å². The molecule has 0 bridgehead atoms. The lowest BCUT2D eigenvalue weighted by molar-refractivity contribution is -0.277. The van der Waals surface area contributed by atoms with Crippen LogP contribution in [0.15, 0.2) is 51.2 Å². The number of aliphatic hydroxyl groups excluding tert-OH is 4. The Bertz CT molecular complexity index is 1420. The van der Waals surface area contributed by atoms with Gasteiger partial charge in [-0.15, -0.1) is 0 Å². The number of benzene rings is 2. The Balaban J connectivity index is 1.96. The topological polar surface area (TPSA) is 157 Å². The fraction of sp³-hybridized carbons (Fsp3) is 0.414. The van der Waals surface area contributed by atoms with Crippen molar-refractivity contribution in [2.45, 2.75) is 51.0 Å². The average Bonchev–Trinajstić information content (AvgIpc) is 2.96. The molecular weight excluding hydrogens is 524 g/mol. The third kappa shape index (κ3) is 5.51. The zero-order valence-electron chi connectivity index (χ0n) is 22.9. The van der Waals surface area contributed by atoms with Gasteiger partial charge in [-0.3, -0.25) is 4.79 Å². The van der Waals surface area contributed by atoms with E-state index in [1.165, 1.54) is 20.3 Å². The molecule has 1 aliphatic heterocycles. The van der Waals surface area contributed by atoms with Gasteiger partial charge in [-0.25, -0.2) is 0 Å². The zero-order valence-corrected chi connectivity index (χ0v) is 22.9. The zero-order chi connectivity index (χ0) is 29.1. The first-order valence-electron chi connectivity index (χ1n) is 12.6. The lowest BCUT2D eigenvalue weighted by Gasteiger charge is -2.39. The molecule has 216 valence electrons. The predicted molar refractivity (Wildman–Crippen MR) is 145 cm³/mol. The summed E-state index contributed by atoms with van der Waals surface area (Å²) >= 11 is 0. The molecule has 11 heteroatoms. The summed E-state index contributed by atoms with van der Waals surface area (Å²) in [6, 6.07) is 8.37. The van der Waals surface area contributed by atoms with Crippen molar-refractivity contribution in [3.05, 3.63) is 57.8 Å². The second kappa shape index (κ2) is 12.3. The Morgan fingerprint density at radius 3 is 2.23 bits per heavy atom. The second-order valence-electron chi connectivity index (χ2n) is 9.58. The van der Waals surface area contributed by atoms with E-state index in [1.807, 2.05) is 19.9 Å². The minimum absolute atomic E-state index is 0.0215. The van der Waals surface area contributed by atoms with Crippen molar-refractivity contribution >= 4 is 11.0 Å². The van der Waals surface area contributed by atoms with E-state index >= 15 is 0 Å². The van der Waals surface area contributed by atoms with Crippen LogP contribution in [0.2, 0.25) is 0 Å². The van der Waals surface area contributed by atoms with Crippen LogP contribution in [0.25, 0.3) is 22.3 Å². The number of hydrogen-bond acceptors (Lipinski definition) is 11. The molecule has 1 unspecified atom stereocenters. The first-order chi connectivity index (χ1) is 19.1. The molecule has 2 aromatic carbocycles. The Labute approximate surface area is 230 Å². The molecule has 0 radical (unpaired) electrons. The average molecular weight is 559 g/mol. The monoisotopic (exact) mass is 558 g/mol. The molecule has 4 N–H and O–H groups in total. The Morgan fingerprint density at radius 1 is 0.950 bits per heavy atom. The highest BCUT2D eigenvalue weighted by atomic mass is 16.7. The van der Waals surface area contributed by atoms with Crippen LogP contribution in [-0.2, 0) is 11.2 Å².